The Morgan fingerprint density at radius 2 is 1.77 bits per heavy atom. The van der Waals surface area contributed by atoms with E-state index in [4.69, 9.17) is 0 Å². The highest BCUT2D eigenvalue weighted by Crippen LogP contribution is 2.19. The zero-order chi connectivity index (χ0) is 21.2. The van der Waals surface area contributed by atoms with E-state index in [1.807, 2.05) is 42.5 Å². The van der Waals surface area contributed by atoms with E-state index in [1.165, 1.54) is 6.07 Å². The van der Waals surface area contributed by atoms with Crippen molar-refractivity contribution >= 4 is 29.9 Å². The molecule has 0 radical (unpaired) electrons. The van der Waals surface area contributed by atoms with E-state index in [9.17, 15) is 9.50 Å². The topological polar surface area (TPSA) is 59.9 Å². The average molecular weight is 540 g/mol. The highest BCUT2D eigenvalue weighted by molar-refractivity contribution is 14.0. The molecule has 7 heteroatoms. The van der Waals surface area contributed by atoms with Crippen LogP contribution in [0.2, 0.25) is 0 Å². The van der Waals surface area contributed by atoms with Gasteiger partial charge in [0.15, 0.2) is 5.96 Å². The number of guanidine groups is 1. The summed E-state index contributed by atoms with van der Waals surface area (Å²) in [7, 11) is 1.77. The minimum Gasteiger partial charge on any atom is -0.396 e. The summed E-state index contributed by atoms with van der Waals surface area (Å²) in [5, 5.41) is 16.5. The van der Waals surface area contributed by atoms with Gasteiger partial charge in [-0.15, -0.1) is 24.0 Å². The molecule has 1 heterocycles. The van der Waals surface area contributed by atoms with E-state index in [0.29, 0.717) is 19.0 Å². The smallest absolute Gasteiger partial charge is 0.191 e. The predicted octanol–water partition coefficient (Wildman–Crippen LogP) is 3.60. The van der Waals surface area contributed by atoms with Crippen LogP contribution < -0.4 is 10.6 Å². The molecule has 5 nitrogen and oxygen atoms in total. The predicted molar refractivity (Wildman–Crippen MR) is 135 cm³/mol. The Hall–Kier alpha value is -1.71. The maximum absolute atomic E-state index is 13.9. The fourth-order valence-corrected chi connectivity index (χ4v) is 3.91. The van der Waals surface area contributed by atoms with E-state index >= 15 is 0 Å². The monoisotopic (exact) mass is 540 g/mol. The molecule has 1 atom stereocenters. The second-order valence-corrected chi connectivity index (χ2v) is 7.94. The molecule has 0 aromatic heterocycles. The molecule has 0 saturated carbocycles. The molecular weight excluding hydrogens is 506 g/mol. The van der Waals surface area contributed by atoms with Crippen molar-refractivity contribution < 1.29 is 9.50 Å². The first-order valence-electron chi connectivity index (χ1n) is 10.8. The van der Waals surface area contributed by atoms with E-state index in [0.717, 1.165) is 49.6 Å². The molecule has 2 aromatic carbocycles. The molecule has 1 saturated heterocycles. The first kappa shape index (κ1) is 25.5. The lowest BCUT2D eigenvalue weighted by Gasteiger charge is -2.32. The molecular formula is C24H34FIN4O. The standard InChI is InChI=1S/C24H33FN4O.HI/c1-26-24(28-16-22(18-30)20-7-3-2-4-8-20)27-15-19-11-13-29(14-12-19)17-21-9-5-6-10-23(21)25;/h2-10,19,22,30H,11-18H2,1H3,(H2,26,27,28);1H. The number of aliphatic hydroxyl groups is 1. The minimum atomic E-state index is -0.118. The number of rotatable bonds is 8. The maximum Gasteiger partial charge on any atom is 0.191 e. The van der Waals surface area contributed by atoms with E-state index in [2.05, 4.69) is 20.5 Å². The van der Waals surface area contributed by atoms with Crippen LogP contribution in [0.25, 0.3) is 0 Å². The first-order valence-corrected chi connectivity index (χ1v) is 10.8. The van der Waals surface area contributed by atoms with Gasteiger partial charge in [0.2, 0.25) is 0 Å². The van der Waals surface area contributed by atoms with Crippen LogP contribution in [-0.2, 0) is 6.54 Å². The lowest BCUT2D eigenvalue weighted by molar-refractivity contribution is 0.176. The Morgan fingerprint density at radius 3 is 2.42 bits per heavy atom. The van der Waals surface area contributed by atoms with E-state index in [-0.39, 0.29) is 42.3 Å². The number of hydrogen-bond donors (Lipinski definition) is 3. The fourth-order valence-electron chi connectivity index (χ4n) is 3.91. The van der Waals surface area contributed by atoms with Crippen molar-refractivity contribution in [3.05, 3.63) is 71.5 Å². The number of halogens is 2. The van der Waals surface area contributed by atoms with Crippen molar-refractivity contribution in [2.24, 2.45) is 10.9 Å². The number of aliphatic imine (C=N–C) groups is 1. The van der Waals surface area contributed by atoms with Crippen molar-refractivity contribution in [3.63, 3.8) is 0 Å². The summed E-state index contributed by atoms with van der Waals surface area (Å²) in [4.78, 5) is 6.64. The van der Waals surface area contributed by atoms with Gasteiger partial charge in [0.05, 0.1) is 6.61 Å². The molecule has 31 heavy (non-hydrogen) atoms. The summed E-state index contributed by atoms with van der Waals surface area (Å²) in [6.07, 6.45) is 2.17. The van der Waals surface area contributed by atoms with E-state index < -0.39 is 0 Å². The Labute approximate surface area is 202 Å². The minimum absolute atomic E-state index is 0. The van der Waals surface area contributed by atoms with Crippen LogP contribution in [0.4, 0.5) is 4.39 Å². The third-order valence-electron chi connectivity index (χ3n) is 5.85. The molecule has 0 bridgehead atoms. The number of nitrogens with zero attached hydrogens (tertiary/aromatic N) is 2. The zero-order valence-electron chi connectivity index (χ0n) is 18.1. The molecule has 0 spiro atoms. The summed E-state index contributed by atoms with van der Waals surface area (Å²) in [5.74, 6) is 1.25. The van der Waals surface area contributed by atoms with Gasteiger partial charge in [-0.05, 0) is 43.5 Å². The SMILES string of the molecule is CN=C(NCC1CCN(Cc2ccccc2F)CC1)NCC(CO)c1ccccc1.I. The molecule has 0 amide bonds. The third kappa shape index (κ3) is 8.05. The molecule has 1 unspecified atom stereocenters. The van der Waals surface area contributed by atoms with Gasteiger partial charge in [0.1, 0.15) is 5.82 Å². The van der Waals surface area contributed by atoms with Gasteiger partial charge >= 0.3 is 0 Å². The zero-order valence-corrected chi connectivity index (χ0v) is 20.5. The van der Waals surface area contributed by atoms with Crippen LogP contribution in [0.5, 0.6) is 0 Å². The summed E-state index contributed by atoms with van der Waals surface area (Å²) >= 11 is 0. The molecule has 1 aliphatic heterocycles. The van der Waals surface area contributed by atoms with Gasteiger partial charge in [0, 0.05) is 38.2 Å². The Bertz CT molecular complexity index is 797. The second kappa shape index (κ2) is 13.6. The molecule has 1 fully saturated rings. The lowest BCUT2D eigenvalue weighted by Crippen LogP contribution is -2.44. The average Bonchev–Trinajstić information content (AvgIpc) is 2.79. The van der Waals surface area contributed by atoms with E-state index in [1.54, 1.807) is 13.1 Å². The largest absolute Gasteiger partial charge is 0.396 e. The van der Waals surface area contributed by atoms with Gasteiger partial charge in [-0.1, -0.05) is 48.5 Å². The normalized spacial score (nSPS) is 16.4. The Kier molecular flexibility index (Phi) is 11.2. The van der Waals surface area contributed by atoms with Crippen LogP contribution >= 0.6 is 24.0 Å². The van der Waals surface area contributed by atoms with Gasteiger partial charge in [-0.2, -0.15) is 0 Å². The molecule has 1 aliphatic rings. The van der Waals surface area contributed by atoms with Crippen LogP contribution in [-0.4, -0.2) is 55.8 Å². The van der Waals surface area contributed by atoms with Crippen molar-refractivity contribution in [3.8, 4) is 0 Å². The Morgan fingerprint density at radius 1 is 1.10 bits per heavy atom. The Balaban J connectivity index is 0.00000341. The fraction of sp³-hybridized carbons (Fsp3) is 0.458. The molecule has 2 aromatic rings. The summed E-state index contributed by atoms with van der Waals surface area (Å²) in [6.45, 7) is 4.22. The highest BCUT2D eigenvalue weighted by Gasteiger charge is 2.20. The third-order valence-corrected chi connectivity index (χ3v) is 5.85. The van der Waals surface area contributed by atoms with Crippen LogP contribution in [0.1, 0.15) is 29.9 Å². The van der Waals surface area contributed by atoms with Gasteiger partial charge in [0.25, 0.3) is 0 Å². The van der Waals surface area contributed by atoms with Crippen molar-refractivity contribution in [2.45, 2.75) is 25.3 Å². The molecule has 3 N–H and O–H groups in total. The number of likely N-dealkylation sites (tertiary alicyclic amines) is 1. The van der Waals surface area contributed by atoms with Gasteiger partial charge in [-0.25, -0.2) is 4.39 Å². The number of nitrogens with one attached hydrogen (secondary N) is 2. The number of benzene rings is 2. The second-order valence-electron chi connectivity index (χ2n) is 7.94. The van der Waals surface area contributed by atoms with Gasteiger partial charge in [-0.3, -0.25) is 9.89 Å². The quantitative estimate of drug-likeness (QED) is 0.272. The number of hydrogen-bond acceptors (Lipinski definition) is 3. The van der Waals surface area contributed by atoms with Crippen LogP contribution in [0.15, 0.2) is 59.6 Å². The van der Waals surface area contributed by atoms with Crippen molar-refractivity contribution in [2.75, 3.05) is 39.8 Å². The van der Waals surface area contributed by atoms with Crippen molar-refractivity contribution in [1.29, 1.82) is 0 Å². The lowest BCUT2D eigenvalue weighted by atomic mass is 9.96. The molecule has 170 valence electrons. The van der Waals surface area contributed by atoms with Crippen LogP contribution in [0.3, 0.4) is 0 Å². The first-order chi connectivity index (χ1) is 14.7. The van der Waals surface area contributed by atoms with Crippen LogP contribution in [0, 0.1) is 11.7 Å². The number of aliphatic hydroxyl groups excluding tert-OH is 1. The highest BCUT2D eigenvalue weighted by atomic mass is 127. The summed E-state index contributed by atoms with van der Waals surface area (Å²) in [5.41, 5.74) is 1.89. The summed E-state index contributed by atoms with van der Waals surface area (Å²) in [6, 6.07) is 17.1. The summed E-state index contributed by atoms with van der Waals surface area (Å²) < 4.78 is 13.9. The molecule has 0 aliphatic carbocycles. The van der Waals surface area contributed by atoms with Gasteiger partial charge < -0.3 is 15.7 Å². The maximum atomic E-state index is 13.9. The van der Waals surface area contributed by atoms with Crippen molar-refractivity contribution in [1.82, 2.24) is 15.5 Å². The molecule has 3 rings (SSSR count). The number of piperidine rings is 1.